The molecule has 2 N–H and O–H groups in total. The molecular weight excluding hydrogens is 240 g/mol. The maximum Gasteiger partial charge on any atom is 0.344 e. The number of hydrogen-bond acceptors (Lipinski definition) is 3. The lowest BCUT2D eigenvalue weighted by Gasteiger charge is -2.04. The Bertz CT molecular complexity index is 840. The maximum absolute atomic E-state index is 13.2. The zero-order chi connectivity index (χ0) is 12.9. The van der Waals surface area contributed by atoms with Crippen molar-refractivity contribution in [3.63, 3.8) is 0 Å². The predicted molar refractivity (Wildman–Crippen MR) is 64.3 cm³/mol. The van der Waals surface area contributed by atoms with Crippen molar-refractivity contribution >= 4 is 27.4 Å². The Labute approximate surface area is 99.4 Å². The molecule has 1 heterocycles. The topological polar surface area (TPSA) is 56.2 Å². The fourth-order valence-corrected chi connectivity index (χ4v) is 1.94. The molecule has 3 nitrogen and oxygen atoms in total. The van der Waals surface area contributed by atoms with Crippen molar-refractivity contribution in [3.05, 3.63) is 52.4 Å². The van der Waals surface area contributed by atoms with Crippen molar-refractivity contribution in [3.8, 4) is 0 Å². The van der Waals surface area contributed by atoms with Gasteiger partial charge in [0.25, 0.3) is 0 Å². The van der Waals surface area contributed by atoms with E-state index in [1.165, 1.54) is 6.07 Å². The fourth-order valence-electron chi connectivity index (χ4n) is 1.94. The molecule has 0 saturated heterocycles. The highest BCUT2D eigenvalue weighted by atomic mass is 19.2. The number of nitrogen functional groups attached to an aromatic ring is 1. The van der Waals surface area contributed by atoms with Crippen LogP contribution in [0.25, 0.3) is 21.7 Å². The van der Waals surface area contributed by atoms with Crippen molar-refractivity contribution in [2.45, 2.75) is 0 Å². The van der Waals surface area contributed by atoms with E-state index in [1.807, 2.05) is 0 Å². The van der Waals surface area contributed by atoms with Crippen LogP contribution >= 0.6 is 0 Å². The third-order valence-electron chi connectivity index (χ3n) is 2.78. The van der Waals surface area contributed by atoms with Crippen molar-refractivity contribution in [1.82, 2.24) is 0 Å². The van der Waals surface area contributed by atoms with Gasteiger partial charge in [0.05, 0.1) is 5.39 Å². The summed E-state index contributed by atoms with van der Waals surface area (Å²) in [5.74, 6) is -2.05. The largest absolute Gasteiger partial charge is 0.422 e. The van der Waals surface area contributed by atoms with Crippen LogP contribution < -0.4 is 11.4 Å². The Balaban J connectivity index is 2.60. The molecule has 0 amide bonds. The van der Waals surface area contributed by atoms with Crippen LogP contribution in [0.1, 0.15) is 0 Å². The Morgan fingerprint density at radius 1 is 0.944 bits per heavy atom. The highest BCUT2D eigenvalue weighted by Gasteiger charge is 2.11. The van der Waals surface area contributed by atoms with Gasteiger partial charge >= 0.3 is 5.63 Å². The second kappa shape index (κ2) is 3.53. The van der Waals surface area contributed by atoms with Gasteiger partial charge in [0.2, 0.25) is 0 Å². The van der Waals surface area contributed by atoms with E-state index in [2.05, 4.69) is 0 Å². The van der Waals surface area contributed by atoms with Crippen LogP contribution in [0.3, 0.4) is 0 Å². The number of rotatable bonds is 0. The van der Waals surface area contributed by atoms with Gasteiger partial charge in [-0.05, 0) is 18.2 Å². The number of nitrogens with two attached hydrogens (primary N) is 1. The highest BCUT2D eigenvalue weighted by molar-refractivity contribution is 6.05. The summed E-state index contributed by atoms with van der Waals surface area (Å²) in [6.45, 7) is 0. The highest BCUT2D eigenvalue weighted by Crippen LogP contribution is 2.26. The minimum atomic E-state index is -1.06. The minimum absolute atomic E-state index is 0.0103. The van der Waals surface area contributed by atoms with E-state index < -0.39 is 17.3 Å². The van der Waals surface area contributed by atoms with Crippen molar-refractivity contribution < 1.29 is 13.2 Å². The van der Waals surface area contributed by atoms with E-state index in [-0.39, 0.29) is 11.0 Å². The second-order valence-corrected chi connectivity index (χ2v) is 3.96. The molecule has 0 unspecified atom stereocenters. The molecule has 1 aromatic heterocycles. The standard InChI is InChI=1S/C13H7F2NO2/c14-10-4-8-7-2-1-6(16)3-9(7)13(17)18-12(8)5-11(10)15/h1-5H,16H2. The van der Waals surface area contributed by atoms with Crippen molar-refractivity contribution in [1.29, 1.82) is 0 Å². The maximum atomic E-state index is 13.2. The predicted octanol–water partition coefficient (Wildman–Crippen LogP) is 2.81. The van der Waals surface area contributed by atoms with Gasteiger partial charge in [0.1, 0.15) is 5.58 Å². The lowest BCUT2D eigenvalue weighted by Crippen LogP contribution is -2.01. The van der Waals surface area contributed by atoms with Gasteiger partial charge in [-0.25, -0.2) is 13.6 Å². The van der Waals surface area contributed by atoms with Gasteiger partial charge in [-0.3, -0.25) is 0 Å². The second-order valence-electron chi connectivity index (χ2n) is 3.96. The van der Waals surface area contributed by atoms with Crippen LogP contribution in [-0.2, 0) is 0 Å². The number of halogens is 2. The molecule has 0 atom stereocenters. The fraction of sp³-hybridized carbons (Fsp3) is 0. The first kappa shape index (κ1) is 10.7. The summed E-state index contributed by atoms with van der Waals surface area (Å²) in [5.41, 5.74) is 5.36. The number of benzene rings is 2. The number of anilines is 1. The van der Waals surface area contributed by atoms with E-state index in [0.717, 1.165) is 12.1 Å². The van der Waals surface area contributed by atoms with Crippen LogP contribution in [-0.4, -0.2) is 0 Å². The third-order valence-corrected chi connectivity index (χ3v) is 2.78. The zero-order valence-electron chi connectivity index (χ0n) is 9.04. The molecule has 5 heteroatoms. The molecule has 0 radical (unpaired) electrons. The van der Waals surface area contributed by atoms with Crippen molar-refractivity contribution in [2.24, 2.45) is 0 Å². The smallest absolute Gasteiger partial charge is 0.344 e. The van der Waals surface area contributed by atoms with Crippen LogP contribution in [0.2, 0.25) is 0 Å². The van der Waals surface area contributed by atoms with E-state index in [9.17, 15) is 13.6 Å². The van der Waals surface area contributed by atoms with Gasteiger partial charge in [-0.15, -0.1) is 0 Å². The molecule has 0 spiro atoms. The first-order chi connectivity index (χ1) is 8.56. The van der Waals surface area contributed by atoms with Crippen LogP contribution in [0.5, 0.6) is 0 Å². The molecule has 0 aliphatic rings. The van der Waals surface area contributed by atoms with E-state index in [4.69, 9.17) is 10.2 Å². The van der Waals surface area contributed by atoms with Gasteiger partial charge in [0.15, 0.2) is 11.6 Å². The first-order valence-electron chi connectivity index (χ1n) is 5.17. The molecule has 0 bridgehead atoms. The van der Waals surface area contributed by atoms with Gasteiger partial charge in [-0.1, -0.05) is 6.07 Å². The molecule has 0 aliphatic carbocycles. The van der Waals surface area contributed by atoms with Gasteiger partial charge in [0, 0.05) is 22.5 Å². The van der Waals surface area contributed by atoms with Crippen LogP contribution in [0, 0.1) is 11.6 Å². The summed E-state index contributed by atoms with van der Waals surface area (Å²) in [7, 11) is 0. The summed E-state index contributed by atoms with van der Waals surface area (Å²) < 4.78 is 31.3. The normalized spacial score (nSPS) is 11.2. The average Bonchev–Trinajstić information content (AvgIpc) is 2.32. The van der Waals surface area contributed by atoms with E-state index >= 15 is 0 Å². The SMILES string of the molecule is Nc1ccc2c(c1)c(=O)oc1cc(F)c(F)cc12. The summed E-state index contributed by atoms with van der Waals surface area (Å²) in [4.78, 5) is 11.7. The number of fused-ring (bicyclic) bond motifs is 3. The Kier molecular flexibility index (Phi) is 2.10. The Morgan fingerprint density at radius 2 is 1.67 bits per heavy atom. The van der Waals surface area contributed by atoms with Crippen LogP contribution in [0.15, 0.2) is 39.5 Å². The molecule has 0 aliphatic heterocycles. The summed E-state index contributed by atoms with van der Waals surface area (Å²) >= 11 is 0. The molecular formula is C13H7F2NO2. The summed E-state index contributed by atoms with van der Waals surface area (Å²) in [5, 5.41) is 1.06. The summed E-state index contributed by atoms with van der Waals surface area (Å²) in [6, 6.07) is 6.49. The van der Waals surface area contributed by atoms with Crippen molar-refractivity contribution in [2.75, 3.05) is 5.73 Å². The molecule has 90 valence electrons. The summed E-state index contributed by atoms with van der Waals surface area (Å²) in [6.07, 6.45) is 0. The molecule has 3 rings (SSSR count). The van der Waals surface area contributed by atoms with Gasteiger partial charge < -0.3 is 10.2 Å². The molecule has 3 aromatic rings. The number of hydrogen-bond donors (Lipinski definition) is 1. The minimum Gasteiger partial charge on any atom is -0.422 e. The average molecular weight is 247 g/mol. The molecule has 2 aromatic carbocycles. The molecule has 0 fully saturated rings. The zero-order valence-corrected chi connectivity index (χ0v) is 9.04. The lowest BCUT2D eigenvalue weighted by atomic mass is 10.1. The third kappa shape index (κ3) is 1.44. The first-order valence-corrected chi connectivity index (χ1v) is 5.17. The lowest BCUT2D eigenvalue weighted by molar-refractivity contribution is 0.503. The Morgan fingerprint density at radius 3 is 2.44 bits per heavy atom. The monoisotopic (exact) mass is 247 g/mol. The van der Waals surface area contributed by atoms with Gasteiger partial charge in [-0.2, -0.15) is 0 Å². The molecule has 0 saturated carbocycles. The quantitative estimate of drug-likeness (QED) is 0.377. The van der Waals surface area contributed by atoms with E-state index in [0.29, 0.717) is 16.5 Å². The Hall–Kier alpha value is -2.43. The molecule has 18 heavy (non-hydrogen) atoms. The van der Waals surface area contributed by atoms with E-state index in [1.54, 1.807) is 12.1 Å². The van der Waals surface area contributed by atoms with Crippen LogP contribution in [0.4, 0.5) is 14.5 Å².